The summed E-state index contributed by atoms with van der Waals surface area (Å²) in [6.07, 6.45) is 32.5. The molecule has 1 N–H and O–H groups in total. The summed E-state index contributed by atoms with van der Waals surface area (Å²) in [6, 6.07) is 0. The van der Waals surface area contributed by atoms with Gasteiger partial charge < -0.3 is 4.89 Å². The Morgan fingerprint density at radius 2 is 0.667 bits per heavy atom. The molecule has 0 spiro atoms. The number of hydrogen-bond acceptors (Lipinski definition) is 0. The average molecular weight is 605 g/mol. The van der Waals surface area contributed by atoms with Gasteiger partial charge in [0.2, 0.25) is 0 Å². The van der Waals surface area contributed by atoms with Crippen molar-refractivity contribution in [1.29, 1.82) is 0 Å². The van der Waals surface area contributed by atoms with E-state index in [9.17, 15) is 4.89 Å². The van der Waals surface area contributed by atoms with Crippen molar-refractivity contribution < 1.29 is 26.0 Å². The van der Waals surface area contributed by atoms with E-state index in [1.54, 1.807) is 0 Å². The predicted molar refractivity (Wildman–Crippen MR) is 159 cm³/mol. The molecular weight excluding hydrogens is 543 g/mol. The van der Waals surface area contributed by atoms with E-state index in [0.29, 0.717) is 0 Å². The summed E-state index contributed by atoms with van der Waals surface area (Å²) < 4.78 is 0. The van der Waals surface area contributed by atoms with Gasteiger partial charge in [0.25, 0.3) is 0 Å². The summed E-state index contributed by atoms with van der Waals surface area (Å²) in [5.74, 6) is 2.48. The molecule has 0 aromatic carbocycles. The van der Waals surface area contributed by atoms with Crippen LogP contribution in [0.5, 0.6) is 0 Å². The van der Waals surface area contributed by atoms with Crippen LogP contribution in [0.3, 0.4) is 0 Å². The fourth-order valence-corrected chi connectivity index (χ4v) is 9.80. The van der Waals surface area contributed by atoms with Gasteiger partial charge in [-0.3, -0.25) is 0 Å². The minimum Gasteiger partial charge on any atom is -0.364 e. The first-order chi connectivity index (χ1) is 15.7. The van der Waals surface area contributed by atoms with E-state index >= 15 is 0 Å². The van der Waals surface area contributed by atoms with Crippen LogP contribution in [0.1, 0.15) is 168 Å². The molecule has 1 atom stereocenters. The van der Waals surface area contributed by atoms with Crippen LogP contribution in [-0.4, -0.2) is 16.4 Å². The van der Waals surface area contributed by atoms with Crippen LogP contribution in [0.15, 0.2) is 0 Å². The molecule has 0 saturated carbocycles. The first-order valence-corrected chi connectivity index (χ1v) is 19.7. The first kappa shape index (κ1) is 36.9. The normalized spacial score (nSPS) is 12.3. The van der Waals surface area contributed by atoms with Crippen molar-refractivity contribution in [3.05, 3.63) is 0 Å². The van der Waals surface area contributed by atoms with Crippen LogP contribution < -0.4 is 0 Å². The van der Waals surface area contributed by atoms with Gasteiger partial charge in [-0.25, -0.2) is 0 Å². The standard InChI is InChI=1S/C28H61OPS2.Mo/c1-3-5-7-9-11-13-15-17-19-21-23-25-27-32(30(29)31)28-26-24-22-20-18-16-14-12-10-8-6-4-2;/h29-31H,3-28H2,1-2H3;. The van der Waals surface area contributed by atoms with Gasteiger partial charge in [0, 0.05) is 21.1 Å². The van der Waals surface area contributed by atoms with Crippen LogP contribution in [0.4, 0.5) is 0 Å². The molecule has 202 valence electrons. The van der Waals surface area contributed by atoms with Gasteiger partial charge in [-0.15, -0.1) is 12.2 Å². The Morgan fingerprint density at radius 1 is 0.455 bits per heavy atom. The third kappa shape index (κ3) is 29.9. The second-order valence-electron chi connectivity index (χ2n) is 9.96. The number of thiol groups is 1. The Kier molecular flexibility index (Phi) is 35.6. The number of rotatable bonds is 26. The van der Waals surface area contributed by atoms with Crippen LogP contribution in [0, 0.1) is 0 Å². The Bertz CT molecular complexity index is 373. The van der Waals surface area contributed by atoms with Gasteiger partial charge in [0.15, 0.2) is 0 Å². The van der Waals surface area contributed by atoms with E-state index in [4.69, 9.17) is 0 Å². The summed E-state index contributed by atoms with van der Waals surface area (Å²) in [4.78, 5) is 10.1. The number of unbranched alkanes of at least 4 members (excludes halogenated alkanes) is 22. The molecule has 0 bridgehead atoms. The first-order valence-electron chi connectivity index (χ1n) is 14.6. The summed E-state index contributed by atoms with van der Waals surface area (Å²) in [7, 11) is 0.216. The van der Waals surface area contributed by atoms with E-state index in [1.807, 2.05) is 0 Å². The van der Waals surface area contributed by atoms with Crippen LogP contribution >= 0.6 is 18.4 Å². The molecule has 0 amide bonds. The van der Waals surface area contributed by atoms with E-state index in [1.165, 1.54) is 166 Å². The van der Waals surface area contributed by atoms with Gasteiger partial charge in [-0.2, -0.15) is 10.1 Å². The van der Waals surface area contributed by atoms with Crippen LogP contribution in [0.25, 0.3) is 0 Å². The van der Waals surface area contributed by atoms with E-state index in [2.05, 4.69) is 26.1 Å². The van der Waals surface area contributed by atoms with Gasteiger partial charge in [-0.1, -0.05) is 155 Å². The van der Waals surface area contributed by atoms with E-state index in [-0.39, 0.29) is 31.1 Å². The van der Waals surface area contributed by atoms with Crippen molar-refractivity contribution in [2.75, 3.05) is 11.5 Å². The van der Waals surface area contributed by atoms with Crippen molar-refractivity contribution in [3.63, 3.8) is 0 Å². The molecule has 0 aliphatic carbocycles. The second-order valence-corrected chi connectivity index (χ2v) is 17.4. The molecule has 0 heterocycles. The van der Waals surface area contributed by atoms with E-state index < -0.39 is 6.13 Å². The molecule has 0 fully saturated rings. The number of hydrogen-bond donors (Lipinski definition) is 2. The van der Waals surface area contributed by atoms with Crippen molar-refractivity contribution in [1.82, 2.24) is 0 Å². The fraction of sp³-hybridized carbons (Fsp3) is 1.00. The maximum Gasteiger partial charge on any atom is 0.0631 e. The molecule has 0 aliphatic heterocycles. The Hall–Kier alpha value is 1.78. The molecule has 1 nitrogen and oxygen atoms in total. The molecule has 0 rings (SSSR count). The Balaban J connectivity index is 0. The summed E-state index contributed by atoms with van der Waals surface area (Å²) in [5, 5.41) is 0. The van der Waals surface area contributed by atoms with Gasteiger partial charge in [-0.05, 0) is 24.3 Å². The summed E-state index contributed by atoms with van der Waals surface area (Å²) >= 11 is 4.49. The van der Waals surface area contributed by atoms with Crippen molar-refractivity contribution in [2.24, 2.45) is 0 Å². The Morgan fingerprint density at radius 3 is 0.879 bits per heavy atom. The molecule has 0 aromatic rings. The zero-order chi connectivity index (χ0) is 23.5. The fourth-order valence-electron chi connectivity index (χ4n) is 4.52. The minimum atomic E-state index is -1.38. The maximum atomic E-state index is 10.1. The van der Waals surface area contributed by atoms with Crippen molar-refractivity contribution >= 4 is 28.4 Å². The molecule has 5 heteroatoms. The van der Waals surface area contributed by atoms with Gasteiger partial charge >= 0.3 is 0 Å². The average Bonchev–Trinajstić information content (AvgIpc) is 2.78. The topological polar surface area (TPSA) is 20.2 Å². The van der Waals surface area contributed by atoms with Crippen LogP contribution in [-0.2, 0) is 31.1 Å². The van der Waals surface area contributed by atoms with E-state index in [0.717, 1.165) is 0 Å². The second kappa shape index (κ2) is 31.8. The smallest absolute Gasteiger partial charge is 0.0631 e. The molecular formula is C28H61MoOPS2. The SMILES string of the molecule is CCCCCCCCCCCCCCS(CCCCCCCCCCCCCC)=[PH](O)S.[Mo]. The third-order valence-electron chi connectivity index (χ3n) is 6.75. The molecule has 0 saturated heterocycles. The van der Waals surface area contributed by atoms with Gasteiger partial charge in [0.05, 0.1) is 6.13 Å². The van der Waals surface area contributed by atoms with Crippen LogP contribution in [0.2, 0.25) is 0 Å². The summed E-state index contributed by atoms with van der Waals surface area (Å²) in [6.45, 7) is 4.58. The predicted octanol–water partition coefficient (Wildman–Crippen LogP) is 10.9. The molecule has 0 radical (unpaired) electrons. The molecule has 0 aromatic heterocycles. The van der Waals surface area contributed by atoms with Crippen molar-refractivity contribution in [3.8, 4) is 0 Å². The largest absolute Gasteiger partial charge is 0.364 e. The monoisotopic (exact) mass is 606 g/mol. The quantitative estimate of drug-likeness (QED) is 0.0436. The van der Waals surface area contributed by atoms with Crippen molar-refractivity contribution in [2.45, 2.75) is 168 Å². The third-order valence-corrected chi connectivity index (χ3v) is 13.9. The van der Waals surface area contributed by atoms with Gasteiger partial charge in [0.1, 0.15) is 0 Å². The Labute approximate surface area is 232 Å². The molecule has 33 heavy (non-hydrogen) atoms. The minimum absolute atomic E-state index is 0. The zero-order valence-electron chi connectivity index (χ0n) is 22.6. The molecule has 0 aliphatic rings. The summed E-state index contributed by atoms with van der Waals surface area (Å²) in [5.41, 5.74) is 0. The molecule has 1 unspecified atom stereocenters. The maximum absolute atomic E-state index is 10.1. The zero-order valence-corrected chi connectivity index (χ0v) is 27.3.